The first-order valence-corrected chi connectivity index (χ1v) is 8.47. The van der Waals surface area contributed by atoms with Crippen molar-refractivity contribution in [3.05, 3.63) is 71.5 Å². The van der Waals surface area contributed by atoms with Gasteiger partial charge in [-0.3, -0.25) is 9.98 Å². The molecule has 0 saturated carbocycles. The highest BCUT2D eigenvalue weighted by Gasteiger charge is 2.13. The summed E-state index contributed by atoms with van der Waals surface area (Å²) in [6.45, 7) is 0. The molecule has 0 N–H and O–H groups in total. The standard InChI is InChI=1S/C20H15ClN4/c21-15-7-5-6-14(12-15)20-24-18(16-8-1-3-10-22-16)13-19(25-20)17-9-2-4-11-23-17/h1,3,5-13H,2,4H2. The van der Waals surface area contributed by atoms with E-state index in [1.54, 1.807) is 6.20 Å². The first kappa shape index (κ1) is 15.7. The van der Waals surface area contributed by atoms with Crippen LogP contribution in [0.3, 0.4) is 0 Å². The van der Waals surface area contributed by atoms with E-state index in [0.29, 0.717) is 10.8 Å². The Balaban J connectivity index is 1.89. The molecule has 1 aliphatic heterocycles. The number of allylic oxidation sites excluding steroid dienone is 1. The molecule has 4 nitrogen and oxygen atoms in total. The molecule has 0 fully saturated rings. The lowest BCUT2D eigenvalue weighted by Crippen LogP contribution is -2.00. The van der Waals surface area contributed by atoms with Crippen molar-refractivity contribution in [3.8, 4) is 22.8 Å². The number of aromatic nitrogens is 3. The van der Waals surface area contributed by atoms with Crippen LogP contribution in [-0.2, 0) is 0 Å². The Hall–Kier alpha value is -2.85. The summed E-state index contributed by atoms with van der Waals surface area (Å²) in [7, 11) is 0. The molecule has 0 amide bonds. The molecule has 0 radical (unpaired) electrons. The zero-order valence-corrected chi connectivity index (χ0v) is 14.2. The number of benzene rings is 1. The van der Waals surface area contributed by atoms with E-state index < -0.39 is 0 Å². The second kappa shape index (κ2) is 6.95. The number of rotatable bonds is 3. The van der Waals surface area contributed by atoms with Crippen LogP contribution < -0.4 is 0 Å². The van der Waals surface area contributed by atoms with Gasteiger partial charge in [-0.15, -0.1) is 0 Å². The Morgan fingerprint density at radius 3 is 2.52 bits per heavy atom. The molecule has 1 aromatic carbocycles. The summed E-state index contributed by atoms with van der Waals surface area (Å²) < 4.78 is 0. The van der Waals surface area contributed by atoms with Crippen molar-refractivity contribution in [1.82, 2.24) is 15.0 Å². The van der Waals surface area contributed by atoms with E-state index in [2.05, 4.69) is 16.1 Å². The maximum absolute atomic E-state index is 6.14. The van der Waals surface area contributed by atoms with Gasteiger partial charge >= 0.3 is 0 Å². The monoisotopic (exact) mass is 346 g/mol. The topological polar surface area (TPSA) is 51.0 Å². The van der Waals surface area contributed by atoms with Gasteiger partial charge in [-0.05, 0) is 43.2 Å². The summed E-state index contributed by atoms with van der Waals surface area (Å²) in [6, 6.07) is 15.2. The summed E-state index contributed by atoms with van der Waals surface area (Å²) in [4.78, 5) is 18.3. The normalized spacial score (nSPS) is 13.6. The molecule has 1 aliphatic rings. The summed E-state index contributed by atoms with van der Waals surface area (Å²) in [5.41, 5.74) is 4.10. The predicted molar refractivity (Wildman–Crippen MR) is 101 cm³/mol. The van der Waals surface area contributed by atoms with E-state index >= 15 is 0 Å². The lowest BCUT2D eigenvalue weighted by atomic mass is 10.1. The molecule has 0 saturated heterocycles. The van der Waals surface area contributed by atoms with Gasteiger partial charge in [-0.1, -0.05) is 35.9 Å². The highest BCUT2D eigenvalue weighted by atomic mass is 35.5. The largest absolute Gasteiger partial charge is 0.259 e. The van der Waals surface area contributed by atoms with Gasteiger partial charge < -0.3 is 0 Å². The van der Waals surface area contributed by atoms with Crippen LogP contribution in [0.5, 0.6) is 0 Å². The average molecular weight is 347 g/mol. The summed E-state index contributed by atoms with van der Waals surface area (Å²) >= 11 is 6.14. The molecule has 0 bridgehead atoms. The minimum atomic E-state index is 0.613. The lowest BCUT2D eigenvalue weighted by Gasteiger charge is -2.10. The Morgan fingerprint density at radius 1 is 0.840 bits per heavy atom. The number of hydrogen-bond acceptors (Lipinski definition) is 4. The second-order valence-electron chi connectivity index (χ2n) is 5.67. The molecule has 3 heterocycles. The van der Waals surface area contributed by atoms with Crippen LogP contribution in [0.15, 0.2) is 65.8 Å². The third-order valence-corrected chi connectivity index (χ3v) is 4.10. The fraction of sp³-hybridized carbons (Fsp3) is 0.100. The molecule has 0 spiro atoms. The van der Waals surface area contributed by atoms with Gasteiger partial charge in [0, 0.05) is 23.0 Å². The third-order valence-electron chi connectivity index (χ3n) is 3.86. The van der Waals surface area contributed by atoms with Crippen LogP contribution in [0.4, 0.5) is 0 Å². The first-order chi connectivity index (χ1) is 12.3. The Labute approximate surface area is 151 Å². The van der Waals surface area contributed by atoms with Crippen molar-refractivity contribution in [2.45, 2.75) is 12.8 Å². The number of nitrogens with zero attached hydrogens (tertiary/aromatic N) is 4. The SMILES string of the molecule is Clc1cccc(-c2nc(C3=CCCC=N3)cc(-c3ccccn3)n2)c1. The number of halogens is 1. The Morgan fingerprint density at radius 2 is 1.76 bits per heavy atom. The molecule has 4 rings (SSSR count). The van der Waals surface area contributed by atoms with E-state index in [1.807, 2.05) is 54.7 Å². The van der Waals surface area contributed by atoms with Crippen LogP contribution in [0.25, 0.3) is 28.5 Å². The van der Waals surface area contributed by atoms with Crippen molar-refractivity contribution in [1.29, 1.82) is 0 Å². The summed E-state index contributed by atoms with van der Waals surface area (Å²) in [5.74, 6) is 0.613. The Kier molecular flexibility index (Phi) is 4.36. The highest BCUT2D eigenvalue weighted by molar-refractivity contribution is 6.30. The first-order valence-electron chi connectivity index (χ1n) is 8.09. The summed E-state index contributed by atoms with van der Waals surface area (Å²) in [5, 5.41) is 0.654. The molecule has 0 aliphatic carbocycles. The molecular formula is C20H15ClN4. The minimum absolute atomic E-state index is 0.613. The van der Waals surface area contributed by atoms with E-state index in [0.717, 1.165) is 41.2 Å². The van der Waals surface area contributed by atoms with Crippen LogP contribution in [-0.4, -0.2) is 21.2 Å². The molecule has 3 aromatic rings. The molecule has 2 aromatic heterocycles. The van der Waals surface area contributed by atoms with E-state index in [-0.39, 0.29) is 0 Å². The van der Waals surface area contributed by atoms with Crippen molar-refractivity contribution in [2.75, 3.05) is 0 Å². The van der Waals surface area contributed by atoms with Gasteiger partial charge in [-0.2, -0.15) is 0 Å². The van der Waals surface area contributed by atoms with Crippen molar-refractivity contribution < 1.29 is 0 Å². The van der Waals surface area contributed by atoms with Crippen LogP contribution in [0.2, 0.25) is 5.02 Å². The quantitative estimate of drug-likeness (QED) is 0.665. The van der Waals surface area contributed by atoms with Crippen molar-refractivity contribution >= 4 is 23.5 Å². The highest BCUT2D eigenvalue weighted by Crippen LogP contribution is 2.27. The van der Waals surface area contributed by atoms with Gasteiger partial charge in [0.2, 0.25) is 0 Å². The average Bonchev–Trinajstić information content (AvgIpc) is 2.69. The molecule has 122 valence electrons. The van der Waals surface area contributed by atoms with Gasteiger partial charge in [0.05, 0.1) is 22.8 Å². The zero-order valence-electron chi connectivity index (χ0n) is 13.4. The van der Waals surface area contributed by atoms with Gasteiger partial charge in [-0.25, -0.2) is 9.97 Å². The molecule has 25 heavy (non-hydrogen) atoms. The smallest absolute Gasteiger partial charge is 0.160 e. The molecular weight excluding hydrogens is 332 g/mol. The maximum atomic E-state index is 6.14. The predicted octanol–water partition coefficient (Wildman–Crippen LogP) is 5.06. The lowest BCUT2D eigenvalue weighted by molar-refractivity contribution is 1.07. The van der Waals surface area contributed by atoms with Gasteiger partial charge in [0.25, 0.3) is 0 Å². The number of hydrogen-bond donors (Lipinski definition) is 0. The van der Waals surface area contributed by atoms with Crippen molar-refractivity contribution in [2.24, 2.45) is 4.99 Å². The molecule has 5 heteroatoms. The summed E-state index contributed by atoms with van der Waals surface area (Å²) in [6.07, 6.45) is 7.72. The van der Waals surface area contributed by atoms with Gasteiger partial charge in [0.15, 0.2) is 5.82 Å². The van der Waals surface area contributed by atoms with Crippen LogP contribution in [0, 0.1) is 0 Å². The van der Waals surface area contributed by atoms with Crippen LogP contribution in [0.1, 0.15) is 18.5 Å². The molecule has 0 unspecified atom stereocenters. The number of aliphatic imine (C=N–C) groups is 1. The van der Waals surface area contributed by atoms with E-state index in [9.17, 15) is 0 Å². The fourth-order valence-electron chi connectivity index (χ4n) is 2.66. The van der Waals surface area contributed by atoms with E-state index in [4.69, 9.17) is 21.6 Å². The minimum Gasteiger partial charge on any atom is -0.259 e. The van der Waals surface area contributed by atoms with Crippen LogP contribution >= 0.6 is 11.6 Å². The number of pyridine rings is 1. The molecule has 0 atom stereocenters. The van der Waals surface area contributed by atoms with Crippen molar-refractivity contribution in [3.63, 3.8) is 0 Å². The fourth-order valence-corrected chi connectivity index (χ4v) is 2.85. The zero-order chi connectivity index (χ0) is 17.1. The van der Waals surface area contributed by atoms with E-state index in [1.165, 1.54) is 0 Å². The second-order valence-corrected chi connectivity index (χ2v) is 6.10. The Bertz CT molecular complexity index is 964. The maximum Gasteiger partial charge on any atom is 0.160 e. The van der Waals surface area contributed by atoms with Gasteiger partial charge in [0.1, 0.15) is 0 Å². The third kappa shape index (κ3) is 3.49.